The van der Waals surface area contributed by atoms with Gasteiger partial charge in [-0.1, -0.05) is 84.4 Å². The molecular weight excluding hydrogens is 392 g/mol. The third kappa shape index (κ3) is 5.47. The topological polar surface area (TPSA) is 37.3 Å². The summed E-state index contributed by atoms with van der Waals surface area (Å²) in [6, 6.07) is 22.6. The number of benzene rings is 3. The summed E-state index contributed by atoms with van der Waals surface area (Å²) in [6.07, 6.45) is 5.50. The molecule has 0 radical (unpaired) electrons. The quantitative estimate of drug-likeness (QED) is 0.417. The van der Waals surface area contributed by atoms with Crippen molar-refractivity contribution < 1.29 is 9.90 Å². The lowest BCUT2D eigenvalue weighted by Gasteiger charge is -2.11. The van der Waals surface area contributed by atoms with Crippen molar-refractivity contribution in [1.29, 1.82) is 0 Å². The smallest absolute Gasteiger partial charge is 0.135 e. The molecule has 0 aromatic heterocycles. The number of aryl methyl sites for hydroxylation is 1. The molecule has 0 aliphatic carbocycles. The predicted molar refractivity (Wildman–Crippen MR) is 127 cm³/mol. The van der Waals surface area contributed by atoms with Crippen molar-refractivity contribution in [3.8, 4) is 11.1 Å². The van der Waals surface area contributed by atoms with Gasteiger partial charge in [0, 0.05) is 10.9 Å². The van der Waals surface area contributed by atoms with Crippen molar-refractivity contribution in [3.05, 3.63) is 94.0 Å². The Morgan fingerprint density at radius 2 is 1.73 bits per heavy atom. The molecule has 3 rings (SSSR count). The number of Topliss-reactive ketones (excluding diaryl/α,β-unsaturated/α-hetero) is 1. The van der Waals surface area contributed by atoms with Gasteiger partial charge in [-0.15, -0.1) is 0 Å². The molecule has 0 bridgehead atoms. The van der Waals surface area contributed by atoms with Gasteiger partial charge in [-0.3, -0.25) is 4.79 Å². The van der Waals surface area contributed by atoms with Crippen molar-refractivity contribution in [1.82, 2.24) is 0 Å². The van der Waals surface area contributed by atoms with Crippen LogP contribution >= 0.6 is 11.6 Å². The highest BCUT2D eigenvalue weighted by atomic mass is 35.5. The predicted octanol–water partition coefficient (Wildman–Crippen LogP) is 6.62. The van der Waals surface area contributed by atoms with Crippen LogP contribution in [0.5, 0.6) is 0 Å². The zero-order chi connectivity index (χ0) is 21.5. The highest BCUT2D eigenvalue weighted by Gasteiger charge is 2.13. The standard InChI is InChI=1S/C27H27ClO2/c1-19-22(9-6-10-26(19)23-7-4-3-5-8-23)14-15-24-17-21(12-16-27(24)28)11-13-25(18-29)20(2)30/h3-10,12,14-17,25,29H,11,13,18H2,1-2H3/b15-14+/t25-/m1/s1. The van der Waals surface area contributed by atoms with Gasteiger partial charge in [0.2, 0.25) is 0 Å². The fraction of sp³-hybridized carbons (Fsp3) is 0.222. The Hall–Kier alpha value is -2.68. The van der Waals surface area contributed by atoms with Crippen LogP contribution in [0.2, 0.25) is 5.02 Å². The molecule has 0 fully saturated rings. The minimum Gasteiger partial charge on any atom is -0.396 e. The lowest BCUT2D eigenvalue weighted by atomic mass is 9.95. The summed E-state index contributed by atoms with van der Waals surface area (Å²) in [7, 11) is 0. The largest absolute Gasteiger partial charge is 0.396 e. The Labute approximate surface area is 183 Å². The first-order valence-electron chi connectivity index (χ1n) is 10.2. The number of ketones is 1. The van der Waals surface area contributed by atoms with Crippen LogP contribution in [0.4, 0.5) is 0 Å². The van der Waals surface area contributed by atoms with Crippen LogP contribution in [-0.4, -0.2) is 17.5 Å². The lowest BCUT2D eigenvalue weighted by Crippen LogP contribution is -2.16. The van der Waals surface area contributed by atoms with Crippen LogP contribution in [-0.2, 0) is 11.2 Å². The first-order chi connectivity index (χ1) is 14.5. The third-order valence-corrected chi connectivity index (χ3v) is 5.88. The monoisotopic (exact) mass is 418 g/mol. The second kappa shape index (κ2) is 10.4. The molecule has 154 valence electrons. The van der Waals surface area contributed by atoms with Gasteiger partial charge in [0.1, 0.15) is 5.78 Å². The van der Waals surface area contributed by atoms with Crippen LogP contribution in [0.25, 0.3) is 23.3 Å². The van der Waals surface area contributed by atoms with E-state index in [4.69, 9.17) is 11.6 Å². The summed E-state index contributed by atoms with van der Waals surface area (Å²) in [4.78, 5) is 11.5. The van der Waals surface area contributed by atoms with Gasteiger partial charge in [0.25, 0.3) is 0 Å². The van der Waals surface area contributed by atoms with Crippen LogP contribution in [0, 0.1) is 12.8 Å². The van der Waals surface area contributed by atoms with Gasteiger partial charge >= 0.3 is 0 Å². The molecule has 3 heteroatoms. The zero-order valence-electron chi connectivity index (χ0n) is 17.4. The average Bonchev–Trinajstić information content (AvgIpc) is 2.75. The molecule has 0 saturated heterocycles. The van der Waals surface area contributed by atoms with E-state index >= 15 is 0 Å². The summed E-state index contributed by atoms with van der Waals surface area (Å²) in [5, 5.41) is 10.1. The number of halogens is 1. The lowest BCUT2D eigenvalue weighted by molar-refractivity contribution is -0.122. The van der Waals surface area contributed by atoms with Gasteiger partial charge in [-0.25, -0.2) is 0 Å². The fourth-order valence-corrected chi connectivity index (χ4v) is 3.77. The van der Waals surface area contributed by atoms with E-state index in [9.17, 15) is 9.90 Å². The molecule has 1 N–H and O–H groups in total. The summed E-state index contributed by atoms with van der Waals surface area (Å²) in [6.45, 7) is 3.56. The van der Waals surface area contributed by atoms with Gasteiger partial charge in [0.05, 0.1) is 6.61 Å². The summed E-state index contributed by atoms with van der Waals surface area (Å²) in [5.74, 6) is -0.275. The second-order valence-corrected chi connectivity index (χ2v) is 8.01. The maximum absolute atomic E-state index is 11.5. The molecule has 0 spiro atoms. The van der Waals surface area contributed by atoms with E-state index in [0.29, 0.717) is 11.4 Å². The van der Waals surface area contributed by atoms with E-state index < -0.39 is 0 Å². The average molecular weight is 419 g/mol. The Kier molecular flexibility index (Phi) is 7.62. The van der Waals surface area contributed by atoms with Gasteiger partial charge in [0.15, 0.2) is 0 Å². The van der Waals surface area contributed by atoms with Crippen molar-refractivity contribution in [2.24, 2.45) is 5.92 Å². The number of rotatable bonds is 8. The molecule has 3 aromatic rings. The van der Waals surface area contributed by atoms with Gasteiger partial charge < -0.3 is 5.11 Å². The second-order valence-electron chi connectivity index (χ2n) is 7.60. The summed E-state index contributed by atoms with van der Waals surface area (Å²) in [5.41, 5.74) is 6.84. The first kappa shape index (κ1) is 22.0. The fourth-order valence-electron chi connectivity index (χ4n) is 3.58. The number of carbonyl (C=O) groups is 1. The molecule has 30 heavy (non-hydrogen) atoms. The van der Waals surface area contributed by atoms with E-state index in [1.807, 2.05) is 24.3 Å². The van der Waals surface area contributed by atoms with Gasteiger partial charge in [-0.05, 0) is 66.1 Å². The molecule has 0 amide bonds. The van der Waals surface area contributed by atoms with Crippen LogP contribution < -0.4 is 0 Å². The van der Waals surface area contributed by atoms with E-state index in [0.717, 1.165) is 23.1 Å². The van der Waals surface area contributed by atoms with Crippen LogP contribution in [0.1, 0.15) is 35.6 Å². The summed E-state index contributed by atoms with van der Waals surface area (Å²) < 4.78 is 0. The minimum atomic E-state index is -0.303. The highest BCUT2D eigenvalue weighted by molar-refractivity contribution is 6.32. The molecular formula is C27H27ClO2. The molecule has 0 aliphatic rings. The van der Waals surface area contributed by atoms with Crippen molar-refractivity contribution in [3.63, 3.8) is 0 Å². The van der Waals surface area contributed by atoms with Crippen molar-refractivity contribution in [2.75, 3.05) is 6.61 Å². The van der Waals surface area contributed by atoms with Crippen molar-refractivity contribution >= 4 is 29.5 Å². The molecule has 1 atom stereocenters. The Morgan fingerprint density at radius 1 is 1.00 bits per heavy atom. The number of aliphatic hydroxyl groups excluding tert-OH is 1. The Bertz CT molecular complexity index is 1040. The Balaban J connectivity index is 1.82. The number of hydrogen-bond donors (Lipinski definition) is 1. The maximum atomic E-state index is 11.5. The minimum absolute atomic E-state index is 0.0281. The Morgan fingerprint density at radius 3 is 2.43 bits per heavy atom. The first-order valence-corrected chi connectivity index (χ1v) is 10.6. The molecule has 0 saturated carbocycles. The molecule has 0 aliphatic heterocycles. The van der Waals surface area contributed by atoms with Gasteiger partial charge in [-0.2, -0.15) is 0 Å². The molecule has 0 heterocycles. The van der Waals surface area contributed by atoms with E-state index in [1.54, 1.807) is 0 Å². The number of hydrogen-bond acceptors (Lipinski definition) is 2. The van der Waals surface area contributed by atoms with E-state index in [1.165, 1.54) is 23.6 Å². The normalized spacial score (nSPS) is 12.3. The van der Waals surface area contributed by atoms with E-state index in [-0.39, 0.29) is 18.3 Å². The zero-order valence-corrected chi connectivity index (χ0v) is 18.2. The van der Waals surface area contributed by atoms with Crippen LogP contribution in [0.3, 0.4) is 0 Å². The highest BCUT2D eigenvalue weighted by Crippen LogP contribution is 2.28. The van der Waals surface area contributed by atoms with E-state index in [2.05, 4.69) is 61.5 Å². The number of carbonyl (C=O) groups excluding carboxylic acids is 1. The third-order valence-electron chi connectivity index (χ3n) is 5.54. The van der Waals surface area contributed by atoms with Crippen molar-refractivity contribution in [2.45, 2.75) is 26.7 Å². The maximum Gasteiger partial charge on any atom is 0.135 e. The van der Waals surface area contributed by atoms with Crippen LogP contribution in [0.15, 0.2) is 66.7 Å². The SMILES string of the molecule is CC(=O)[C@@H](CO)CCc1ccc(Cl)c(/C=C/c2cccc(-c3ccccc3)c2C)c1. The molecule has 2 nitrogen and oxygen atoms in total. The number of aliphatic hydroxyl groups is 1. The molecule has 3 aromatic carbocycles. The molecule has 0 unspecified atom stereocenters. The summed E-state index contributed by atoms with van der Waals surface area (Å²) >= 11 is 6.42.